The summed E-state index contributed by atoms with van der Waals surface area (Å²) in [4.78, 5) is 21.5. The fourth-order valence-corrected chi connectivity index (χ4v) is 25.2. The van der Waals surface area contributed by atoms with Crippen molar-refractivity contribution < 1.29 is 44.9 Å². The van der Waals surface area contributed by atoms with Crippen LogP contribution in [0.3, 0.4) is 0 Å². The standard InChI is InChI=1S/C83H92N2O9S4/c1-3-52-23-24-53-19-11-21-64-74(46-86)98-97-48-60-41-75(90)83(68-49-96-95-47-58-18-9-10-22-72(58)94-73-40-57(68)26-27-69(73)87,80(92)77(60)78(91)59(37-51-30-35-84-45-51)38-56-25-28-70(88)79(93-2)66(56)44-65(52)76(53)64)62-42-67-63(71(89)43-62)29-33-81-31-13-34-85-82(67,81)32-12-20-61(81)39-55-17-8-7-16-54(55)36-50-14-5-4-6-15-50/h4-8,11,14-17,19,21,23-30,33,35,40,42-43,45,58-61,68,72,74-75,77-78,84-91H,3,9-10,12-13,18,20,22,31-32,34,36-39,41,44,46-49H2,1-2H3/t58-,59-,60+,61+,68+,72+,74+,75-,77-,78+,81+,82-,83-/m1/s1. The largest absolute Gasteiger partial charge is 0.507 e. The van der Waals surface area contributed by atoms with E-state index in [0.717, 1.165) is 150 Å². The number of benzene rings is 7. The molecular formula is C83H92N2O9S4. The van der Waals surface area contributed by atoms with Crippen molar-refractivity contribution in [2.45, 2.75) is 150 Å². The molecular weight excluding hydrogens is 1300 g/mol. The number of Topliss-reactive ketones (excluding diaryl/α,β-unsaturated/α-hetero) is 1. The quantitative estimate of drug-likeness (QED) is 0.0572. The Morgan fingerprint density at radius 3 is 2.37 bits per heavy atom. The van der Waals surface area contributed by atoms with Gasteiger partial charge in [0.1, 0.15) is 11.9 Å². The van der Waals surface area contributed by atoms with Gasteiger partial charge in [0.2, 0.25) is 0 Å². The van der Waals surface area contributed by atoms with Gasteiger partial charge in [-0.1, -0.05) is 178 Å². The minimum Gasteiger partial charge on any atom is -0.507 e. The van der Waals surface area contributed by atoms with Crippen LogP contribution in [0, 0.1) is 35.0 Å². The summed E-state index contributed by atoms with van der Waals surface area (Å²) >= 11 is 0. The Morgan fingerprint density at radius 2 is 1.54 bits per heavy atom. The number of fused-ring (bicyclic) bond motifs is 6. The van der Waals surface area contributed by atoms with Gasteiger partial charge in [0.05, 0.1) is 42.1 Å². The Balaban J connectivity index is 0.922. The number of aromatic amines is 1. The molecule has 13 atom stereocenters. The first-order valence-electron chi connectivity index (χ1n) is 35.9. The van der Waals surface area contributed by atoms with Crippen LogP contribution in [0.2, 0.25) is 0 Å². The smallest absolute Gasteiger partial charge is 0.164 e. The van der Waals surface area contributed by atoms with Gasteiger partial charge in [0.15, 0.2) is 28.8 Å². The summed E-state index contributed by atoms with van der Waals surface area (Å²) in [5, 5.41) is 83.3. The number of phenols is 3. The minimum atomic E-state index is -1.80. The number of methoxy groups -OCH3 is 1. The van der Waals surface area contributed by atoms with E-state index in [1.807, 2.05) is 36.7 Å². The highest BCUT2D eigenvalue weighted by atomic mass is 33.1. The highest BCUT2D eigenvalue weighted by Gasteiger charge is 2.64. The highest BCUT2D eigenvalue weighted by molar-refractivity contribution is 8.77. The predicted octanol–water partition coefficient (Wildman–Crippen LogP) is 16.5. The van der Waals surface area contributed by atoms with Gasteiger partial charge in [-0.05, 0) is 210 Å². The van der Waals surface area contributed by atoms with Crippen LogP contribution >= 0.6 is 43.2 Å². The lowest BCUT2D eigenvalue weighted by Gasteiger charge is -2.62. The number of piperidine rings is 1. The molecule has 512 valence electrons. The number of rotatable bonds is 11. The predicted molar refractivity (Wildman–Crippen MR) is 400 cm³/mol. The number of aliphatic hydroxyl groups excluding tert-OH is 3. The van der Waals surface area contributed by atoms with E-state index in [1.165, 1.54) is 16.7 Å². The van der Waals surface area contributed by atoms with Crippen molar-refractivity contribution in [3.8, 4) is 28.7 Å². The molecule has 8 N–H and O–H groups in total. The number of ketones is 1. The molecule has 0 spiro atoms. The van der Waals surface area contributed by atoms with Crippen molar-refractivity contribution in [1.82, 2.24) is 10.3 Å². The van der Waals surface area contributed by atoms with E-state index >= 15 is 4.79 Å². The zero-order chi connectivity index (χ0) is 67.3. The van der Waals surface area contributed by atoms with Crippen molar-refractivity contribution in [2.75, 3.05) is 37.5 Å². The van der Waals surface area contributed by atoms with Gasteiger partial charge in [0, 0.05) is 70.4 Å². The first-order chi connectivity index (χ1) is 47.9. The monoisotopic (exact) mass is 1390 g/mol. The molecule has 4 heterocycles. The second kappa shape index (κ2) is 28.6. The number of aliphatic hydroxyl groups is 3. The van der Waals surface area contributed by atoms with Crippen LogP contribution in [0.5, 0.6) is 28.7 Å². The van der Waals surface area contributed by atoms with Crippen molar-refractivity contribution in [1.29, 1.82) is 0 Å². The Hall–Kier alpha value is -6.27. The van der Waals surface area contributed by atoms with Crippen LogP contribution in [0.4, 0.5) is 0 Å². The lowest BCUT2D eigenvalue weighted by atomic mass is 9.47. The van der Waals surface area contributed by atoms with E-state index < -0.39 is 52.1 Å². The number of H-pyrrole nitrogens is 1. The number of aromatic hydroxyl groups is 3. The topological polar surface area (TPSA) is 185 Å². The van der Waals surface area contributed by atoms with E-state index in [2.05, 4.69) is 120 Å². The number of hydrogen-bond acceptors (Lipinski definition) is 14. The molecule has 11 nitrogen and oxygen atoms in total. The molecule has 0 amide bonds. The number of carbonyl (C=O) groups is 1. The summed E-state index contributed by atoms with van der Waals surface area (Å²) in [6.45, 7) is 2.77. The number of hydrogen-bond donors (Lipinski definition) is 8. The van der Waals surface area contributed by atoms with E-state index in [0.29, 0.717) is 47.8 Å². The number of aryl methyl sites for hydroxylation is 1. The molecule has 4 fully saturated rings. The number of carbonyl (C=O) groups excluding carboxylic acids is 1. The molecule has 3 aliphatic heterocycles. The molecule has 98 heavy (non-hydrogen) atoms. The summed E-state index contributed by atoms with van der Waals surface area (Å²) in [7, 11) is 8.23. The second-order valence-electron chi connectivity index (χ2n) is 29.2. The van der Waals surface area contributed by atoms with Gasteiger partial charge in [-0.15, -0.1) is 0 Å². The zero-order valence-corrected chi connectivity index (χ0v) is 59.4. The molecule has 7 aliphatic rings. The Kier molecular flexibility index (Phi) is 19.7. The molecule has 3 saturated carbocycles. The first-order valence-corrected chi connectivity index (χ1v) is 40.7. The van der Waals surface area contributed by atoms with Gasteiger partial charge in [0.25, 0.3) is 0 Å². The summed E-state index contributed by atoms with van der Waals surface area (Å²) in [6, 6.07) is 45.5. The van der Waals surface area contributed by atoms with Gasteiger partial charge >= 0.3 is 0 Å². The number of phenolic OH excluding ortho intramolecular Hbond substituents is 3. The fraction of sp³-hybridized carbons (Fsp3) is 0.434. The number of ether oxygens (including phenoxy) is 2. The molecule has 0 unspecified atom stereocenters. The van der Waals surface area contributed by atoms with Gasteiger partial charge in [-0.25, -0.2) is 0 Å². The molecule has 8 aromatic rings. The summed E-state index contributed by atoms with van der Waals surface area (Å²) in [6.07, 6.45) is 18.1. The lowest BCUT2D eigenvalue weighted by Crippen LogP contribution is -2.65. The maximum absolute atomic E-state index is 18.2. The Bertz CT molecular complexity index is 4240. The fourth-order valence-electron chi connectivity index (χ4n) is 19.5. The molecule has 15 heteroatoms. The van der Waals surface area contributed by atoms with Crippen LogP contribution in [0.15, 0.2) is 152 Å². The van der Waals surface area contributed by atoms with E-state index in [4.69, 9.17) is 9.47 Å². The van der Waals surface area contributed by atoms with Crippen molar-refractivity contribution in [2.24, 2.45) is 35.0 Å². The van der Waals surface area contributed by atoms with Crippen molar-refractivity contribution >= 4 is 65.8 Å². The molecule has 4 aliphatic carbocycles. The van der Waals surface area contributed by atoms with Gasteiger partial charge in [-0.2, -0.15) is 0 Å². The third-order valence-electron chi connectivity index (χ3n) is 24.2. The minimum absolute atomic E-state index is 0.00259. The highest BCUT2D eigenvalue weighted by Crippen LogP contribution is 2.65. The van der Waals surface area contributed by atoms with Crippen LogP contribution in [0.25, 0.3) is 16.8 Å². The summed E-state index contributed by atoms with van der Waals surface area (Å²) < 4.78 is 13.2. The molecule has 1 saturated heterocycles. The second-order valence-corrected chi connectivity index (χ2v) is 34.3. The van der Waals surface area contributed by atoms with E-state index in [1.54, 1.807) is 68.5 Å². The molecule has 2 bridgehead atoms. The van der Waals surface area contributed by atoms with Crippen LogP contribution in [-0.4, -0.2) is 97.2 Å². The maximum atomic E-state index is 18.2. The normalized spacial score (nSPS) is 29.5. The number of nitrogens with one attached hydrogen (secondary N) is 2. The van der Waals surface area contributed by atoms with Gasteiger partial charge < -0.3 is 50.4 Å². The average molecular weight is 1390 g/mol. The third-order valence-corrected chi connectivity index (χ3v) is 29.6. The summed E-state index contributed by atoms with van der Waals surface area (Å²) in [5.41, 5.74) is 9.88. The average Bonchev–Trinajstić information content (AvgIpc) is 0.690. The third kappa shape index (κ3) is 12.1. The lowest BCUT2D eigenvalue weighted by molar-refractivity contribution is -0.150. The van der Waals surface area contributed by atoms with Crippen molar-refractivity contribution in [3.63, 3.8) is 0 Å². The number of aromatic nitrogens is 1. The molecule has 7 aromatic carbocycles. The van der Waals surface area contributed by atoms with Crippen LogP contribution in [0.1, 0.15) is 155 Å². The summed E-state index contributed by atoms with van der Waals surface area (Å²) in [5.74, 6) is -0.484. The van der Waals surface area contributed by atoms with Crippen molar-refractivity contribution in [3.05, 3.63) is 224 Å². The van der Waals surface area contributed by atoms with E-state index in [-0.39, 0.29) is 59.4 Å². The van der Waals surface area contributed by atoms with Crippen LogP contribution in [-0.2, 0) is 54.3 Å². The molecule has 0 radical (unpaired) electrons. The first kappa shape index (κ1) is 67.5. The molecule has 1 aromatic heterocycles. The van der Waals surface area contributed by atoms with Gasteiger partial charge in [-0.3, -0.25) is 4.79 Å². The van der Waals surface area contributed by atoms with E-state index in [9.17, 15) is 30.6 Å². The zero-order valence-electron chi connectivity index (χ0n) is 56.2. The maximum Gasteiger partial charge on any atom is 0.164 e. The van der Waals surface area contributed by atoms with Crippen LogP contribution < -0.4 is 14.8 Å². The molecule has 15 rings (SSSR count). The Labute approximate surface area is 592 Å². The SMILES string of the molecule is CCc1ccc2cccc3c2c1Cc1c(ccc(O)c1OC)C[C@@H](Cc1cc[nH]c1)[C@H](O)[C@@H]1C(=O)[C@](c2cc(O)c4c(c2)[C@]25CCC[C@@H](Cc6ccccc6Cc6ccccc6)[C@@]2(C=C4)CCCN5)([C@H]2CSSC[C@H]4CCCC[C@@H]4Oc4cc2ccc4O)[C@H](O)C[C@H]1CSS[C@H]3CO. The Morgan fingerprint density at radius 1 is 0.724 bits per heavy atom.